The van der Waals surface area contributed by atoms with Crippen LogP contribution in [0.25, 0.3) is 0 Å². The first kappa shape index (κ1) is 47.1. The van der Waals surface area contributed by atoms with Gasteiger partial charge in [0.15, 0.2) is 0 Å². The third-order valence-electron chi connectivity index (χ3n) is 4.70. The van der Waals surface area contributed by atoms with Gasteiger partial charge < -0.3 is 14.1 Å². The Labute approximate surface area is 259 Å². The van der Waals surface area contributed by atoms with Crippen LogP contribution in [0.1, 0.15) is 97.8 Å². The molecule has 3 aliphatic rings. The van der Waals surface area contributed by atoms with E-state index in [0.29, 0.717) is 0 Å². The molecule has 0 aromatic heterocycles. The van der Waals surface area contributed by atoms with Gasteiger partial charge in [-0.15, -0.1) is 19.3 Å². The van der Waals surface area contributed by atoms with Crippen LogP contribution in [0, 0.1) is 18.2 Å². The Balaban J connectivity index is -0.0000000759. The fourth-order valence-corrected chi connectivity index (χ4v) is 2.97. The van der Waals surface area contributed by atoms with Crippen LogP contribution >= 0.6 is 0 Å². The third-order valence-corrected chi connectivity index (χ3v) is 4.70. The van der Waals surface area contributed by atoms with Gasteiger partial charge in [0, 0.05) is 0 Å². The molecule has 0 spiro atoms. The predicted octanol–water partition coefficient (Wildman–Crippen LogP) is -0.397. The summed E-state index contributed by atoms with van der Waals surface area (Å²) in [5.74, 6) is 0. The molecule has 3 aliphatic carbocycles. The van der Waals surface area contributed by atoms with Gasteiger partial charge in [-0.1, -0.05) is 78.6 Å². The van der Waals surface area contributed by atoms with E-state index in [4.69, 9.17) is 0 Å². The summed E-state index contributed by atoms with van der Waals surface area (Å²) in [6.45, 7) is 6.66. The van der Waals surface area contributed by atoms with Crippen molar-refractivity contribution in [1.29, 1.82) is 0 Å². The van der Waals surface area contributed by atoms with E-state index in [2.05, 4.69) is 75.5 Å². The summed E-state index contributed by atoms with van der Waals surface area (Å²) in [4.78, 5) is 0. The summed E-state index contributed by atoms with van der Waals surface area (Å²) in [6.07, 6.45) is 37.6. The first-order valence-corrected chi connectivity index (χ1v) is 11.1. The minimum absolute atomic E-state index is 0. The van der Waals surface area contributed by atoms with Gasteiger partial charge in [-0.25, -0.2) is 34.9 Å². The monoisotopic (exact) mass is 690 g/mol. The largest absolute Gasteiger partial charge is 2.00 e. The smallest absolute Gasteiger partial charge is 1.00 e. The quantitative estimate of drug-likeness (QED) is 0.289. The van der Waals surface area contributed by atoms with Gasteiger partial charge in [-0.2, -0.15) is 18.2 Å². The summed E-state index contributed by atoms with van der Waals surface area (Å²) < 4.78 is 0. The SMILES string of the molecule is CCCCC1=[C-]CC=C1.CCCCC1=[C-]CC=C1.CCCCC1=[C-]CC=C1.[F-].[F-].[F-].[Zr+2].[Zr+2].[Zr+2]. The summed E-state index contributed by atoms with van der Waals surface area (Å²) in [5.41, 5.74) is 4.24. The van der Waals surface area contributed by atoms with E-state index in [-0.39, 0.29) is 92.7 Å². The maximum atomic E-state index is 3.30. The van der Waals surface area contributed by atoms with E-state index >= 15 is 0 Å². The van der Waals surface area contributed by atoms with E-state index in [9.17, 15) is 0 Å². The maximum absolute atomic E-state index is 3.30. The number of unbranched alkanes of at least 4 members (excludes halogenated alkanes) is 3. The second kappa shape index (κ2) is 35.0. The minimum atomic E-state index is 0. The average Bonchev–Trinajstić information content (AvgIpc) is 3.47. The fourth-order valence-electron chi connectivity index (χ4n) is 2.97. The number of hydrogen-bond acceptors (Lipinski definition) is 0. The Kier molecular flexibility index (Phi) is 50.0. The maximum Gasteiger partial charge on any atom is 2.00 e. The van der Waals surface area contributed by atoms with Crippen molar-refractivity contribution in [2.45, 2.75) is 97.8 Å². The van der Waals surface area contributed by atoms with E-state index in [0.717, 1.165) is 19.3 Å². The summed E-state index contributed by atoms with van der Waals surface area (Å²) in [6, 6.07) is 0. The van der Waals surface area contributed by atoms with Crippen LogP contribution in [-0.2, 0) is 78.6 Å². The zero-order valence-corrected chi connectivity index (χ0v) is 28.0. The summed E-state index contributed by atoms with van der Waals surface area (Å²) in [7, 11) is 0. The molecule has 180 valence electrons. The van der Waals surface area contributed by atoms with Crippen LogP contribution in [-0.4, -0.2) is 0 Å². The van der Waals surface area contributed by atoms with Gasteiger partial charge in [-0.3, -0.25) is 18.2 Å². The van der Waals surface area contributed by atoms with Crippen molar-refractivity contribution in [1.82, 2.24) is 0 Å². The van der Waals surface area contributed by atoms with Crippen molar-refractivity contribution in [2.75, 3.05) is 0 Å². The molecule has 0 aromatic rings. The molecule has 0 aromatic carbocycles. The molecule has 0 amide bonds. The third kappa shape index (κ3) is 27.3. The number of allylic oxidation sites excluding steroid dienone is 12. The van der Waals surface area contributed by atoms with Crippen LogP contribution in [0.15, 0.2) is 53.2 Å². The average molecular weight is 694 g/mol. The van der Waals surface area contributed by atoms with Crippen LogP contribution in [0.2, 0.25) is 0 Å². The normalized spacial score (nSPS) is 13.4. The Morgan fingerprint density at radius 3 is 0.909 bits per heavy atom. The van der Waals surface area contributed by atoms with Crippen molar-refractivity contribution in [2.24, 2.45) is 0 Å². The summed E-state index contributed by atoms with van der Waals surface area (Å²) in [5, 5.41) is 0. The first-order chi connectivity index (χ1) is 13.3. The molecule has 0 fully saturated rings. The molecular formula is C27H39F3Zr3. The zero-order chi connectivity index (χ0) is 19.6. The standard InChI is InChI=1S/3C9H13.3FH.3Zr/c3*1-2-3-6-9-7-4-5-8-9;;;;;;/h3*4,7H,2-3,5-6H2,1H3;3*1H;;;/q3*-1;;;;3*+2/p-3. The molecule has 0 radical (unpaired) electrons. The first-order valence-electron chi connectivity index (χ1n) is 11.1. The molecule has 0 N–H and O–H groups in total. The topological polar surface area (TPSA) is 0 Å². The van der Waals surface area contributed by atoms with E-state index < -0.39 is 0 Å². The number of halogens is 3. The molecule has 0 atom stereocenters. The molecule has 0 saturated carbocycles. The van der Waals surface area contributed by atoms with Gasteiger partial charge in [-0.05, 0) is 0 Å². The van der Waals surface area contributed by atoms with Crippen LogP contribution in [0.5, 0.6) is 0 Å². The summed E-state index contributed by atoms with van der Waals surface area (Å²) >= 11 is 0. The van der Waals surface area contributed by atoms with Crippen LogP contribution in [0.3, 0.4) is 0 Å². The Bertz CT molecular complexity index is 496. The van der Waals surface area contributed by atoms with Crippen LogP contribution in [0.4, 0.5) is 0 Å². The van der Waals surface area contributed by atoms with Crippen molar-refractivity contribution in [3.8, 4) is 0 Å². The minimum Gasteiger partial charge on any atom is -1.00 e. The van der Waals surface area contributed by atoms with Gasteiger partial charge in [0.05, 0.1) is 0 Å². The molecule has 0 nitrogen and oxygen atoms in total. The van der Waals surface area contributed by atoms with Gasteiger partial charge in [0.2, 0.25) is 0 Å². The molecule has 0 saturated heterocycles. The molecular weight excluding hydrogens is 655 g/mol. The second-order valence-corrected chi connectivity index (χ2v) is 7.24. The molecule has 0 aliphatic heterocycles. The zero-order valence-electron chi connectivity index (χ0n) is 20.6. The second-order valence-electron chi connectivity index (χ2n) is 7.24. The van der Waals surface area contributed by atoms with Gasteiger partial charge in [0.25, 0.3) is 0 Å². The predicted molar refractivity (Wildman–Crippen MR) is 120 cm³/mol. The van der Waals surface area contributed by atoms with E-state index in [1.807, 2.05) is 0 Å². The van der Waals surface area contributed by atoms with Crippen molar-refractivity contribution in [3.05, 3.63) is 71.4 Å². The van der Waals surface area contributed by atoms with Gasteiger partial charge >= 0.3 is 78.6 Å². The van der Waals surface area contributed by atoms with E-state index in [1.54, 1.807) is 0 Å². The van der Waals surface area contributed by atoms with E-state index in [1.165, 1.54) is 74.5 Å². The molecule has 0 unspecified atom stereocenters. The number of rotatable bonds is 9. The van der Waals surface area contributed by atoms with Gasteiger partial charge in [0.1, 0.15) is 0 Å². The van der Waals surface area contributed by atoms with Crippen molar-refractivity contribution in [3.63, 3.8) is 0 Å². The van der Waals surface area contributed by atoms with Crippen LogP contribution < -0.4 is 14.1 Å². The molecule has 33 heavy (non-hydrogen) atoms. The number of hydrogen-bond donors (Lipinski definition) is 0. The Hall–Kier alpha value is 0.879. The van der Waals surface area contributed by atoms with Crippen molar-refractivity contribution < 1.29 is 92.7 Å². The Morgan fingerprint density at radius 1 is 0.515 bits per heavy atom. The molecule has 6 heteroatoms. The van der Waals surface area contributed by atoms with Crippen molar-refractivity contribution >= 4 is 0 Å². The molecule has 3 rings (SSSR count). The fraction of sp³-hybridized carbons (Fsp3) is 0.556. The molecule has 0 bridgehead atoms. The molecule has 0 heterocycles. The Morgan fingerprint density at radius 2 is 0.758 bits per heavy atom.